The third-order valence-corrected chi connectivity index (χ3v) is 4.36. The summed E-state index contributed by atoms with van der Waals surface area (Å²) in [6, 6.07) is 19.9. The number of carbonyl (C=O) groups excluding carboxylic acids is 1. The Balaban J connectivity index is 1.76. The maximum absolute atomic E-state index is 12.2. The summed E-state index contributed by atoms with van der Waals surface area (Å²) in [4.78, 5) is 18.3. The number of rotatable bonds is 2. The van der Waals surface area contributed by atoms with Gasteiger partial charge in [0.2, 0.25) is 0 Å². The fourth-order valence-corrected chi connectivity index (χ4v) is 3.40. The van der Waals surface area contributed by atoms with Crippen LogP contribution in [0.1, 0.15) is 11.1 Å². The molecular weight excluding hydrogens is 292 g/mol. The van der Waals surface area contributed by atoms with Gasteiger partial charge in [-0.15, -0.1) is 0 Å². The van der Waals surface area contributed by atoms with Crippen LogP contribution in [0.5, 0.6) is 0 Å². The fourth-order valence-electron chi connectivity index (χ4n) is 2.51. The minimum atomic E-state index is -0.187. The number of carbonyl (C=O) groups is 1. The molecule has 4 heteroatoms. The number of nitrogens with zero attached hydrogens (tertiary/aromatic N) is 2. The van der Waals surface area contributed by atoms with Crippen LogP contribution in [0.25, 0.3) is 11.8 Å². The largest absolute Gasteiger partial charge is 0.296 e. The van der Waals surface area contributed by atoms with Gasteiger partial charge >= 0.3 is 0 Å². The van der Waals surface area contributed by atoms with Crippen molar-refractivity contribution in [2.75, 3.05) is 0 Å². The Labute approximate surface area is 132 Å². The van der Waals surface area contributed by atoms with Gasteiger partial charge in [0, 0.05) is 5.41 Å². The van der Waals surface area contributed by atoms with Crippen LogP contribution in [-0.4, -0.2) is 16.0 Å². The summed E-state index contributed by atoms with van der Waals surface area (Å²) in [7, 11) is 0. The van der Waals surface area contributed by atoms with Gasteiger partial charge in [0.1, 0.15) is 5.70 Å². The van der Waals surface area contributed by atoms with E-state index >= 15 is 0 Å². The summed E-state index contributed by atoms with van der Waals surface area (Å²) < 4.78 is 0. The second kappa shape index (κ2) is 5.31. The van der Waals surface area contributed by atoms with Crippen molar-refractivity contribution in [3.8, 4) is 0 Å². The first kappa shape index (κ1) is 13.1. The van der Waals surface area contributed by atoms with Crippen molar-refractivity contribution in [3.05, 3.63) is 82.9 Å². The molecule has 0 aromatic heterocycles. The summed E-state index contributed by atoms with van der Waals surface area (Å²) in [6.07, 6.45) is 1.89. The van der Waals surface area contributed by atoms with E-state index < -0.39 is 0 Å². The first-order chi connectivity index (χ1) is 10.8. The third kappa shape index (κ3) is 2.18. The highest BCUT2D eigenvalue weighted by Gasteiger charge is 2.36. The lowest BCUT2D eigenvalue weighted by Crippen LogP contribution is -2.19. The molecule has 2 aromatic rings. The van der Waals surface area contributed by atoms with Crippen molar-refractivity contribution in [1.82, 2.24) is 4.90 Å². The van der Waals surface area contributed by atoms with Crippen molar-refractivity contribution in [3.63, 3.8) is 0 Å². The van der Waals surface area contributed by atoms with Gasteiger partial charge < -0.3 is 0 Å². The van der Waals surface area contributed by atoms with Crippen LogP contribution >= 0.6 is 11.8 Å². The maximum atomic E-state index is 12.2. The molecular formula is C18H12N2OS. The second-order valence-corrected chi connectivity index (χ2v) is 5.80. The minimum absolute atomic E-state index is 0.187. The number of amides is 1. The quantitative estimate of drug-likeness (QED) is 0.787. The molecule has 0 bridgehead atoms. The summed E-state index contributed by atoms with van der Waals surface area (Å²) in [5.74, 6) is -0.187. The highest BCUT2D eigenvalue weighted by atomic mass is 32.2. The van der Waals surface area contributed by atoms with Crippen molar-refractivity contribution in [1.29, 1.82) is 0 Å². The SMILES string of the molecule is O=C1N=C2SC=C(c3ccccc3)N2C1=Cc1ccccc1. The standard InChI is InChI=1S/C18H12N2OS/c21-17-15(11-13-7-3-1-4-8-13)20-16(12-22-18(20)19-17)14-9-5-2-6-10-14/h1-12H. The van der Waals surface area contributed by atoms with E-state index in [1.807, 2.05) is 77.0 Å². The molecule has 106 valence electrons. The van der Waals surface area contributed by atoms with E-state index in [4.69, 9.17) is 0 Å². The van der Waals surface area contributed by atoms with Gasteiger partial charge in [-0.1, -0.05) is 72.4 Å². The van der Waals surface area contributed by atoms with Gasteiger partial charge in [-0.05, 0) is 17.2 Å². The number of fused-ring (bicyclic) bond motifs is 1. The zero-order chi connectivity index (χ0) is 14.9. The highest BCUT2D eigenvalue weighted by Crippen LogP contribution is 2.40. The molecule has 2 aliphatic heterocycles. The van der Waals surface area contributed by atoms with Crippen molar-refractivity contribution >= 4 is 34.6 Å². The Bertz CT molecular complexity index is 823. The molecule has 2 aromatic carbocycles. The van der Waals surface area contributed by atoms with E-state index in [0.717, 1.165) is 22.0 Å². The first-order valence-electron chi connectivity index (χ1n) is 6.95. The molecule has 0 aliphatic carbocycles. The zero-order valence-corrected chi connectivity index (χ0v) is 12.5. The molecule has 4 rings (SSSR count). The molecule has 0 unspecified atom stereocenters. The molecule has 3 nitrogen and oxygen atoms in total. The van der Waals surface area contributed by atoms with Gasteiger partial charge in [0.15, 0.2) is 5.17 Å². The summed E-state index contributed by atoms with van der Waals surface area (Å²) in [5, 5.41) is 2.77. The van der Waals surface area contributed by atoms with E-state index in [1.54, 1.807) is 0 Å². The zero-order valence-electron chi connectivity index (χ0n) is 11.6. The monoisotopic (exact) mass is 304 g/mol. The van der Waals surface area contributed by atoms with Crippen molar-refractivity contribution < 1.29 is 4.79 Å². The van der Waals surface area contributed by atoms with Crippen LogP contribution in [0, 0.1) is 0 Å². The average molecular weight is 304 g/mol. The van der Waals surface area contributed by atoms with Crippen LogP contribution in [0.15, 0.2) is 76.8 Å². The van der Waals surface area contributed by atoms with Gasteiger partial charge in [-0.3, -0.25) is 9.69 Å². The lowest BCUT2D eigenvalue weighted by molar-refractivity contribution is -0.114. The predicted molar refractivity (Wildman–Crippen MR) is 90.7 cm³/mol. The first-order valence-corrected chi connectivity index (χ1v) is 7.83. The van der Waals surface area contributed by atoms with E-state index in [1.165, 1.54) is 11.8 Å². The molecule has 0 radical (unpaired) electrons. The topological polar surface area (TPSA) is 32.7 Å². The molecule has 22 heavy (non-hydrogen) atoms. The number of hydrogen-bond donors (Lipinski definition) is 0. The van der Waals surface area contributed by atoms with Gasteiger partial charge in [-0.25, -0.2) is 0 Å². The molecule has 2 aliphatic rings. The number of benzene rings is 2. The van der Waals surface area contributed by atoms with Gasteiger partial charge in [0.05, 0.1) is 5.70 Å². The smallest absolute Gasteiger partial charge is 0.283 e. The molecule has 0 atom stereocenters. The van der Waals surface area contributed by atoms with Crippen molar-refractivity contribution in [2.45, 2.75) is 0 Å². The molecule has 0 saturated heterocycles. The molecule has 0 saturated carbocycles. The van der Waals surface area contributed by atoms with Crippen LogP contribution in [0.3, 0.4) is 0 Å². The summed E-state index contributed by atoms with van der Waals surface area (Å²) >= 11 is 1.49. The Kier molecular flexibility index (Phi) is 3.16. The van der Waals surface area contributed by atoms with E-state index in [0.29, 0.717) is 5.70 Å². The lowest BCUT2D eigenvalue weighted by Gasteiger charge is -2.18. The summed E-state index contributed by atoms with van der Waals surface area (Å²) in [5.41, 5.74) is 3.67. The Hall–Kier alpha value is -2.59. The lowest BCUT2D eigenvalue weighted by atomic mass is 10.1. The summed E-state index contributed by atoms with van der Waals surface area (Å²) in [6.45, 7) is 0. The number of amidine groups is 1. The molecule has 0 N–H and O–H groups in total. The van der Waals surface area contributed by atoms with Crippen molar-refractivity contribution in [2.24, 2.45) is 4.99 Å². The highest BCUT2D eigenvalue weighted by molar-refractivity contribution is 8.17. The average Bonchev–Trinajstić information content (AvgIpc) is 3.09. The second-order valence-electron chi connectivity index (χ2n) is 4.96. The normalized spacial score (nSPS) is 18.5. The van der Waals surface area contributed by atoms with Gasteiger partial charge in [-0.2, -0.15) is 4.99 Å². The minimum Gasteiger partial charge on any atom is -0.283 e. The predicted octanol–water partition coefficient (Wildman–Crippen LogP) is 3.97. The Morgan fingerprint density at radius 2 is 1.64 bits per heavy atom. The fraction of sp³-hybridized carbons (Fsp3) is 0. The third-order valence-electron chi connectivity index (χ3n) is 3.54. The molecule has 2 heterocycles. The molecule has 0 fully saturated rings. The van der Waals surface area contributed by atoms with E-state index in [2.05, 4.69) is 4.99 Å². The molecule has 1 amide bonds. The number of aliphatic imine (C=N–C) groups is 1. The van der Waals surface area contributed by atoms with Crippen LogP contribution in [-0.2, 0) is 4.79 Å². The van der Waals surface area contributed by atoms with Crippen LogP contribution < -0.4 is 0 Å². The van der Waals surface area contributed by atoms with E-state index in [9.17, 15) is 4.79 Å². The van der Waals surface area contributed by atoms with Crippen LogP contribution in [0.4, 0.5) is 0 Å². The molecule has 0 spiro atoms. The van der Waals surface area contributed by atoms with Crippen LogP contribution in [0.2, 0.25) is 0 Å². The Morgan fingerprint density at radius 3 is 2.36 bits per heavy atom. The number of thioether (sulfide) groups is 1. The number of hydrogen-bond acceptors (Lipinski definition) is 3. The van der Waals surface area contributed by atoms with E-state index in [-0.39, 0.29) is 5.91 Å². The maximum Gasteiger partial charge on any atom is 0.296 e. The van der Waals surface area contributed by atoms with Gasteiger partial charge in [0.25, 0.3) is 5.91 Å². The Morgan fingerprint density at radius 1 is 0.955 bits per heavy atom.